The first-order valence-electron chi connectivity index (χ1n) is 11.1. The van der Waals surface area contributed by atoms with Crippen molar-refractivity contribution < 1.29 is 0 Å². The summed E-state index contributed by atoms with van der Waals surface area (Å²) in [5.74, 6) is 1.71. The van der Waals surface area contributed by atoms with Crippen LogP contribution in [0.2, 0.25) is 0 Å². The Morgan fingerprint density at radius 3 is 2.41 bits per heavy atom. The van der Waals surface area contributed by atoms with Gasteiger partial charge >= 0.3 is 0 Å². The molecule has 0 radical (unpaired) electrons. The van der Waals surface area contributed by atoms with Crippen LogP contribution in [0, 0.1) is 25.7 Å². The Kier molecular flexibility index (Phi) is 7.47. The maximum atomic E-state index is 2.43. The summed E-state index contributed by atoms with van der Waals surface area (Å²) in [6.45, 7) is 8.32. The lowest BCUT2D eigenvalue weighted by Crippen LogP contribution is -1.90. The van der Waals surface area contributed by atoms with E-state index in [-0.39, 0.29) is 0 Å². The third-order valence-corrected chi connectivity index (χ3v) is 5.66. The number of allylic oxidation sites excluding steroid dienone is 8. The molecule has 0 spiro atoms. The first-order valence-corrected chi connectivity index (χ1v) is 11.1. The van der Waals surface area contributed by atoms with Gasteiger partial charge in [0, 0.05) is 0 Å². The molecular weight excluding hydrogens is 348 g/mol. The zero-order chi connectivity index (χ0) is 20.6. The van der Waals surface area contributed by atoms with Crippen LogP contribution < -0.4 is 0 Å². The van der Waals surface area contributed by atoms with Crippen LogP contribution in [-0.2, 0) is 0 Å². The Hall–Kier alpha value is -2.60. The Morgan fingerprint density at radius 1 is 0.897 bits per heavy atom. The highest BCUT2D eigenvalue weighted by molar-refractivity contribution is 5.76. The third kappa shape index (κ3) is 5.70. The van der Waals surface area contributed by atoms with Crippen molar-refractivity contribution in [2.75, 3.05) is 0 Å². The maximum Gasteiger partial charge on any atom is -0.0155 e. The molecule has 0 saturated heterocycles. The van der Waals surface area contributed by atoms with Crippen LogP contribution in [0.15, 0.2) is 85.0 Å². The predicted octanol–water partition coefficient (Wildman–Crippen LogP) is 8.34. The molecule has 0 amide bonds. The molecule has 0 heteroatoms. The van der Waals surface area contributed by atoms with Gasteiger partial charge in [-0.25, -0.2) is 0 Å². The van der Waals surface area contributed by atoms with Crippen LogP contribution in [0.5, 0.6) is 0 Å². The van der Waals surface area contributed by atoms with E-state index in [4.69, 9.17) is 0 Å². The van der Waals surface area contributed by atoms with Crippen LogP contribution in [0.4, 0.5) is 0 Å². The second-order valence-electron chi connectivity index (χ2n) is 7.89. The monoisotopic (exact) mass is 382 g/mol. The van der Waals surface area contributed by atoms with Crippen molar-refractivity contribution in [3.8, 4) is 0 Å². The van der Waals surface area contributed by atoms with Crippen molar-refractivity contribution in [1.29, 1.82) is 0 Å². The number of aryl methyl sites for hydroxylation is 2. The summed E-state index contributed by atoms with van der Waals surface area (Å²) >= 11 is 0. The van der Waals surface area contributed by atoms with E-state index in [1.807, 2.05) is 13.8 Å². The third-order valence-electron chi connectivity index (χ3n) is 5.66. The fraction of sp³-hybridized carbons (Fsp3) is 0.310. The van der Waals surface area contributed by atoms with Crippen molar-refractivity contribution in [2.24, 2.45) is 11.8 Å². The lowest BCUT2D eigenvalue weighted by Gasteiger charge is -2.11. The van der Waals surface area contributed by atoms with E-state index in [1.54, 1.807) is 0 Å². The van der Waals surface area contributed by atoms with Crippen molar-refractivity contribution in [3.05, 3.63) is 107 Å². The van der Waals surface area contributed by atoms with Gasteiger partial charge in [0.1, 0.15) is 0 Å². The molecule has 3 aliphatic rings. The van der Waals surface area contributed by atoms with Gasteiger partial charge in [-0.05, 0) is 72.8 Å². The molecule has 0 bridgehead atoms. The van der Waals surface area contributed by atoms with Crippen molar-refractivity contribution in [2.45, 2.75) is 47.0 Å². The fourth-order valence-electron chi connectivity index (χ4n) is 3.94. The molecule has 5 rings (SSSR count). The largest absolute Gasteiger partial charge is 0.0842 e. The Labute approximate surface area is 177 Å². The Balaban J connectivity index is 0.000000153. The first-order chi connectivity index (χ1) is 14.2. The van der Waals surface area contributed by atoms with E-state index in [0.717, 1.165) is 11.8 Å². The average molecular weight is 383 g/mol. The molecule has 0 aliphatic heterocycles. The standard InChI is InChI=1S/C14H14.C13H14.C2H6/c1-10-3-2-4-11(7-10)12-5-6-13-9-14(13)8-12;1-11-7-5-6-10-13(11)12-8-3-2-4-9-12;1-2/h2-8,13-14H,9H2,1H3;2-3,5-8,10H,4,9H2,1H3;1-2H3. The topological polar surface area (TPSA) is 0 Å². The summed E-state index contributed by atoms with van der Waals surface area (Å²) in [5, 5.41) is 0. The Bertz CT molecular complexity index is 936. The SMILES string of the molecule is CC.Cc1cccc(C2=CC3CC3C=C2)c1.Cc1ccccc1C1=CC=CCC1. The molecule has 150 valence electrons. The van der Waals surface area contributed by atoms with Gasteiger partial charge in [-0.2, -0.15) is 0 Å². The summed E-state index contributed by atoms with van der Waals surface area (Å²) in [6.07, 6.45) is 17.4. The fourth-order valence-corrected chi connectivity index (χ4v) is 3.94. The summed E-state index contributed by atoms with van der Waals surface area (Å²) in [5.41, 5.74) is 8.38. The molecule has 2 aromatic carbocycles. The Morgan fingerprint density at radius 2 is 1.72 bits per heavy atom. The van der Waals surface area contributed by atoms with Crippen LogP contribution >= 0.6 is 0 Å². The minimum atomic E-state index is 0.843. The smallest absolute Gasteiger partial charge is 0.0155 e. The van der Waals surface area contributed by atoms with E-state index in [0.29, 0.717) is 0 Å². The number of hydrogen-bond donors (Lipinski definition) is 0. The average Bonchev–Trinajstić information content (AvgIpc) is 3.56. The van der Waals surface area contributed by atoms with Gasteiger partial charge in [-0.1, -0.05) is 104 Å². The molecule has 2 unspecified atom stereocenters. The number of hydrogen-bond acceptors (Lipinski definition) is 0. The van der Waals surface area contributed by atoms with Gasteiger partial charge < -0.3 is 0 Å². The molecule has 0 aromatic heterocycles. The number of benzene rings is 2. The molecule has 0 heterocycles. The molecule has 1 saturated carbocycles. The van der Waals surface area contributed by atoms with Crippen molar-refractivity contribution >= 4 is 11.1 Å². The van der Waals surface area contributed by atoms with Gasteiger partial charge in [0.15, 0.2) is 0 Å². The summed E-state index contributed by atoms with van der Waals surface area (Å²) in [7, 11) is 0. The zero-order valence-electron chi connectivity index (χ0n) is 18.4. The van der Waals surface area contributed by atoms with Gasteiger partial charge in [0.2, 0.25) is 0 Å². The van der Waals surface area contributed by atoms with Crippen molar-refractivity contribution in [3.63, 3.8) is 0 Å². The quantitative estimate of drug-likeness (QED) is 0.489. The minimum Gasteiger partial charge on any atom is -0.0842 e. The molecule has 2 aromatic rings. The van der Waals surface area contributed by atoms with Gasteiger partial charge in [0.25, 0.3) is 0 Å². The lowest BCUT2D eigenvalue weighted by molar-refractivity contribution is 0.984. The van der Waals surface area contributed by atoms with E-state index in [2.05, 4.69) is 98.8 Å². The minimum absolute atomic E-state index is 0.843. The summed E-state index contributed by atoms with van der Waals surface area (Å²) in [6, 6.07) is 17.3. The van der Waals surface area contributed by atoms with Crippen LogP contribution in [-0.4, -0.2) is 0 Å². The molecule has 0 nitrogen and oxygen atoms in total. The van der Waals surface area contributed by atoms with E-state index in [9.17, 15) is 0 Å². The van der Waals surface area contributed by atoms with E-state index >= 15 is 0 Å². The zero-order valence-corrected chi connectivity index (χ0v) is 18.4. The normalized spacial score (nSPS) is 20.8. The highest BCUT2D eigenvalue weighted by atomic mass is 14.4. The number of fused-ring (bicyclic) bond motifs is 1. The van der Waals surface area contributed by atoms with Crippen molar-refractivity contribution in [1.82, 2.24) is 0 Å². The van der Waals surface area contributed by atoms with Gasteiger partial charge in [-0.3, -0.25) is 0 Å². The molecule has 29 heavy (non-hydrogen) atoms. The van der Waals surface area contributed by atoms with Crippen LogP contribution in [0.1, 0.15) is 55.4 Å². The first kappa shape index (κ1) is 21.1. The second-order valence-corrected chi connectivity index (χ2v) is 7.89. The summed E-state index contributed by atoms with van der Waals surface area (Å²) in [4.78, 5) is 0. The highest BCUT2D eigenvalue weighted by Crippen LogP contribution is 2.45. The van der Waals surface area contributed by atoms with Crippen LogP contribution in [0.3, 0.4) is 0 Å². The van der Waals surface area contributed by atoms with Crippen LogP contribution in [0.25, 0.3) is 11.1 Å². The van der Waals surface area contributed by atoms with Gasteiger partial charge in [-0.15, -0.1) is 0 Å². The lowest BCUT2D eigenvalue weighted by atomic mass is 9.94. The molecular formula is C29H34. The van der Waals surface area contributed by atoms with E-state index in [1.165, 1.54) is 52.7 Å². The molecule has 1 fully saturated rings. The molecule has 0 N–H and O–H groups in total. The summed E-state index contributed by atoms with van der Waals surface area (Å²) < 4.78 is 0. The number of rotatable bonds is 2. The molecule has 3 aliphatic carbocycles. The van der Waals surface area contributed by atoms with E-state index < -0.39 is 0 Å². The maximum absolute atomic E-state index is 2.43. The van der Waals surface area contributed by atoms with Gasteiger partial charge in [0.05, 0.1) is 0 Å². The molecule has 2 atom stereocenters. The predicted molar refractivity (Wildman–Crippen MR) is 129 cm³/mol. The second kappa shape index (κ2) is 10.3. The highest BCUT2D eigenvalue weighted by Gasteiger charge is 2.34.